The maximum absolute atomic E-state index is 9.44. The van der Waals surface area contributed by atoms with Crippen molar-refractivity contribution in [2.45, 2.75) is 13.0 Å². The maximum atomic E-state index is 9.44. The summed E-state index contributed by atoms with van der Waals surface area (Å²) in [5, 5.41) is 13.6. The lowest BCUT2D eigenvalue weighted by atomic mass is 10.2. The van der Waals surface area contributed by atoms with E-state index in [9.17, 15) is 5.11 Å². The van der Waals surface area contributed by atoms with Gasteiger partial charge in [0.2, 0.25) is 0 Å². The Morgan fingerprint density at radius 1 is 1.53 bits per heavy atom. The third-order valence-corrected chi connectivity index (χ3v) is 2.59. The molecule has 0 amide bonds. The lowest BCUT2D eigenvalue weighted by Crippen LogP contribution is -2.00. The standard InChI is InChI=1S/C10H10IN3O/c1-7(15)8-2-3-12-10(4-8)14-6-9(11)5-13-14/h2-7,15H,1H3/t7-/m1/s1. The number of hydrogen-bond donors (Lipinski definition) is 1. The van der Waals surface area contributed by atoms with E-state index in [2.05, 4.69) is 32.7 Å². The van der Waals surface area contributed by atoms with Gasteiger partial charge in [0.1, 0.15) is 0 Å². The number of aromatic nitrogens is 3. The van der Waals surface area contributed by atoms with Gasteiger partial charge in [-0.2, -0.15) is 5.10 Å². The molecule has 0 aromatic carbocycles. The largest absolute Gasteiger partial charge is 0.389 e. The molecule has 2 heterocycles. The van der Waals surface area contributed by atoms with E-state index < -0.39 is 6.10 Å². The molecule has 0 aliphatic heterocycles. The molecule has 0 unspecified atom stereocenters. The summed E-state index contributed by atoms with van der Waals surface area (Å²) in [4.78, 5) is 4.19. The zero-order valence-electron chi connectivity index (χ0n) is 8.13. The second-order valence-electron chi connectivity index (χ2n) is 3.23. The molecule has 0 aliphatic rings. The molecule has 0 radical (unpaired) electrons. The van der Waals surface area contributed by atoms with Crippen LogP contribution in [0.3, 0.4) is 0 Å². The number of hydrogen-bond acceptors (Lipinski definition) is 3. The molecule has 0 aliphatic carbocycles. The van der Waals surface area contributed by atoms with Crippen LogP contribution in [0.5, 0.6) is 0 Å². The highest BCUT2D eigenvalue weighted by Gasteiger charge is 2.04. The summed E-state index contributed by atoms with van der Waals surface area (Å²) in [7, 11) is 0. The normalized spacial score (nSPS) is 12.7. The molecule has 0 saturated carbocycles. The van der Waals surface area contributed by atoms with Crippen LogP contribution in [0, 0.1) is 3.57 Å². The summed E-state index contributed by atoms with van der Waals surface area (Å²) in [6.45, 7) is 1.73. The molecule has 1 N–H and O–H groups in total. The first-order valence-electron chi connectivity index (χ1n) is 4.51. The third-order valence-electron chi connectivity index (χ3n) is 2.04. The van der Waals surface area contributed by atoms with Gasteiger partial charge < -0.3 is 5.11 Å². The lowest BCUT2D eigenvalue weighted by molar-refractivity contribution is 0.199. The van der Waals surface area contributed by atoms with Gasteiger partial charge in [-0.25, -0.2) is 9.67 Å². The second kappa shape index (κ2) is 4.28. The van der Waals surface area contributed by atoms with Gasteiger partial charge in [0.15, 0.2) is 5.82 Å². The molecule has 2 aromatic heterocycles. The average molecular weight is 315 g/mol. The summed E-state index contributed by atoms with van der Waals surface area (Å²) < 4.78 is 2.74. The lowest BCUT2D eigenvalue weighted by Gasteiger charge is -2.06. The van der Waals surface area contributed by atoms with Crippen molar-refractivity contribution in [2.24, 2.45) is 0 Å². The molecule has 2 rings (SSSR count). The first-order valence-corrected chi connectivity index (χ1v) is 5.59. The monoisotopic (exact) mass is 315 g/mol. The van der Waals surface area contributed by atoms with Crippen molar-refractivity contribution in [2.75, 3.05) is 0 Å². The fraction of sp³-hybridized carbons (Fsp3) is 0.200. The Balaban J connectivity index is 2.41. The molecule has 4 nitrogen and oxygen atoms in total. The number of aliphatic hydroxyl groups is 1. The van der Waals surface area contributed by atoms with E-state index in [1.54, 1.807) is 30.1 Å². The van der Waals surface area contributed by atoms with Crippen LogP contribution in [0.15, 0.2) is 30.7 Å². The molecule has 5 heteroatoms. The van der Waals surface area contributed by atoms with Gasteiger partial charge >= 0.3 is 0 Å². The number of pyridine rings is 1. The van der Waals surface area contributed by atoms with Crippen LogP contribution in [0.1, 0.15) is 18.6 Å². The van der Waals surface area contributed by atoms with Gasteiger partial charge in [-0.1, -0.05) is 0 Å². The van der Waals surface area contributed by atoms with Crippen molar-refractivity contribution in [3.05, 3.63) is 39.9 Å². The van der Waals surface area contributed by atoms with Crippen molar-refractivity contribution < 1.29 is 5.11 Å². The average Bonchev–Trinajstić information content (AvgIpc) is 2.65. The van der Waals surface area contributed by atoms with Gasteiger partial charge in [-0.15, -0.1) is 0 Å². The van der Waals surface area contributed by atoms with Crippen LogP contribution in [0.25, 0.3) is 5.82 Å². The van der Waals surface area contributed by atoms with Crippen LogP contribution in [0.2, 0.25) is 0 Å². The second-order valence-corrected chi connectivity index (χ2v) is 4.47. The van der Waals surface area contributed by atoms with E-state index in [4.69, 9.17) is 0 Å². The highest BCUT2D eigenvalue weighted by atomic mass is 127. The van der Waals surface area contributed by atoms with Crippen LogP contribution in [0.4, 0.5) is 0 Å². The van der Waals surface area contributed by atoms with Crippen LogP contribution >= 0.6 is 22.6 Å². The number of aliphatic hydroxyl groups excluding tert-OH is 1. The van der Waals surface area contributed by atoms with Crippen molar-refractivity contribution in [1.29, 1.82) is 0 Å². The fourth-order valence-corrected chi connectivity index (χ4v) is 1.63. The van der Waals surface area contributed by atoms with Crippen molar-refractivity contribution in [3.63, 3.8) is 0 Å². The maximum Gasteiger partial charge on any atom is 0.153 e. The summed E-state index contributed by atoms with van der Waals surface area (Å²) >= 11 is 2.19. The molecule has 0 fully saturated rings. The summed E-state index contributed by atoms with van der Waals surface area (Å²) in [5.74, 6) is 0.719. The molecular weight excluding hydrogens is 305 g/mol. The minimum Gasteiger partial charge on any atom is -0.389 e. The van der Waals surface area contributed by atoms with E-state index >= 15 is 0 Å². The zero-order valence-corrected chi connectivity index (χ0v) is 10.3. The quantitative estimate of drug-likeness (QED) is 0.862. The minimum absolute atomic E-state index is 0.485. The van der Waals surface area contributed by atoms with E-state index in [-0.39, 0.29) is 0 Å². The Morgan fingerprint density at radius 2 is 2.33 bits per heavy atom. The highest BCUT2D eigenvalue weighted by Crippen LogP contribution is 2.14. The van der Waals surface area contributed by atoms with Gasteiger partial charge in [0.25, 0.3) is 0 Å². The van der Waals surface area contributed by atoms with Gasteiger partial charge in [-0.3, -0.25) is 0 Å². The topological polar surface area (TPSA) is 50.9 Å². The molecule has 1 atom stereocenters. The van der Waals surface area contributed by atoms with Crippen LogP contribution in [-0.4, -0.2) is 19.9 Å². The molecule has 0 bridgehead atoms. The van der Waals surface area contributed by atoms with Crippen molar-refractivity contribution >= 4 is 22.6 Å². The predicted molar refractivity (Wildman–Crippen MR) is 64.7 cm³/mol. The fourth-order valence-electron chi connectivity index (χ4n) is 1.25. The summed E-state index contributed by atoms with van der Waals surface area (Å²) in [6, 6.07) is 3.62. The van der Waals surface area contributed by atoms with Crippen LogP contribution < -0.4 is 0 Å². The third kappa shape index (κ3) is 2.35. The Kier molecular flexibility index (Phi) is 3.01. The zero-order chi connectivity index (χ0) is 10.8. The first-order chi connectivity index (χ1) is 7.16. The van der Waals surface area contributed by atoms with E-state index in [0.29, 0.717) is 0 Å². The van der Waals surface area contributed by atoms with E-state index in [1.165, 1.54) is 0 Å². The molecular formula is C10H10IN3O. The van der Waals surface area contributed by atoms with E-state index in [0.717, 1.165) is 15.0 Å². The van der Waals surface area contributed by atoms with Crippen molar-refractivity contribution in [3.8, 4) is 5.82 Å². The molecule has 0 spiro atoms. The Labute approximate surface area is 101 Å². The first kappa shape index (κ1) is 10.6. The molecule has 15 heavy (non-hydrogen) atoms. The summed E-state index contributed by atoms with van der Waals surface area (Å²) in [5.41, 5.74) is 0.838. The number of halogens is 1. The smallest absolute Gasteiger partial charge is 0.153 e. The Morgan fingerprint density at radius 3 is 2.93 bits per heavy atom. The Bertz CT molecular complexity index is 467. The molecule has 0 saturated heterocycles. The van der Waals surface area contributed by atoms with Crippen molar-refractivity contribution in [1.82, 2.24) is 14.8 Å². The van der Waals surface area contributed by atoms with Crippen LogP contribution in [-0.2, 0) is 0 Å². The molecule has 78 valence electrons. The minimum atomic E-state index is -0.485. The predicted octanol–water partition coefficient (Wildman–Crippen LogP) is 1.93. The number of nitrogens with zero attached hydrogens (tertiary/aromatic N) is 3. The van der Waals surface area contributed by atoms with Gasteiger partial charge in [0.05, 0.1) is 15.9 Å². The SMILES string of the molecule is C[C@@H](O)c1ccnc(-n2cc(I)cn2)c1. The van der Waals surface area contributed by atoms with Gasteiger partial charge in [-0.05, 0) is 47.2 Å². The van der Waals surface area contributed by atoms with Gasteiger partial charge in [0, 0.05) is 12.4 Å². The number of rotatable bonds is 2. The Hall–Kier alpha value is -0.950. The highest BCUT2D eigenvalue weighted by molar-refractivity contribution is 14.1. The van der Waals surface area contributed by atoms with E-state index in [1.807, 2.05) is 12.3 Å². The summed E-state index contributed by atoms with van der Waals surface area (Å²) in [6.07, 6.45) is 4.83. The molecule has 2 aromatic rings.